The first-order valence-corrected chi connectivity index (χ1v) is 10.2. The van der Waals surface area contributed by atoms with E-state index in [9.17, 15) is 4.79 Å². The third-order valence-electron chi connectivity index (χ3n) is 5.72. The first-order valence-electron chi connectivity index (χ1n) is 10.2. The average molecular weight is 410 g/mol. The molecule has 7 heteroatoms. The van der Waals surface area contributed by atoms with Crippen LogP contribution < -0.4 is 5.43 Å². The molecular formula is C24H22N6O. The van der Waals surface area contributed by atoms with Gasteiger partial charge in [0.05, 0.1) is 29.0 Å². The minimum Gasteiger partial charge on any atom is -0.272 e. The molecule has 1 amide bonds. The Morgan fingerprint density at radius 2 is 1.87 bits per heavy atom. The van der Waals surface area contributed by atoms with Crippen LogP contribution in [0.5, 0.6) is 0 Å². The molecular weight excluding hydrogens is 388 g/mol. The Morgan fingerprint density at radius 3 is 2.71 bits per heavy atom. The van der Waals surface area contributed by atoms with Gasteiger partial charge in [0.2, 0.25) is 0 Å². The lowest BCUT2D eigenvalue weighted by Crippen LogP contribution is -2.20. The maximum absolute atomic E-state index is 12.8. The number of benzene rings is 2. The van der Waals surface area contributed by atoms with Crippen molar-refractivity contribution in [3.05, 3.63) is 88.4 Å². The van der Waals surface area contributed by atoms with Crippen molar-refractivity contribution in [3.63, 3.8) is 0 Å². The maximum atomic E-state index is 12.8. The second-order valence-corrected chi connectivity index (χ2v) is 7.61. The first-order chi connectivity index (χ1) is 15.1. The highest BCUT2D eigenvalue weighted by Crippen LogP contribution is 2.33. The fraction of sp³-hybridized carbons (Fsp3) is 0.167. The van der Waals surface area contributed by atoms with E-state index in [2.05, 4.69) is 31.9 Å². The molecule has 2 aromatic carbocycles. The van der Waals surface area contributed by atoms with Crippen molar-refractivity contribution < 1.29 is 4.79 Å². The molecule has 1 aliphatic carbocycles. The van der Waals surface area contributed by atoms with E-state index in [4.69, 9.17) is 0 Å². The van der Waals surface area contributed by atoms with Gasteiger partial charge >= 0.3 is 0 Å². The third-order valence-corrected chi connectivity index (χ3v) is 5.72. The Balaban J connectivity index is 1.36. The molecule has 0 fully saturated rings. The molecule has 4 aromatic rings. The van der Waals surface area contributed by atoms with Gasteiger partial charge in [-0.25, -0.2) is 10.1 Å². The van der Waals surface area contributed by atoms with Gasteiger partial charge < -0.3 is 0 Å². The molecule has 0 aliphatic heterocycles. The van der Waals surface area contributed by atoms with E-state index in [1.165, 1.54) is 5.56 Å². The van der Waals surface area contributed by atoms with Crippen molar-refractivity contribution in [1.29, 1.82) is 0 Å². The number of fused-ring (bicyclic) bond motifs is 3. The second kappa shape index (κ2) is 7.68. The highest BCUT2D eigenvalue weighted by molar-refractivity contribution is 5.96. The number of amides is 1. The van der Waals surface area contributed by atoms with Crippen LogP contribution in [-0.2, 0) is 12.8 Å². The summed E-state index contributed by atoms with van der Waals surface area (Å²) < 4.78 is 1.88. The van der Waals surface area contributed by atoms with Crippen molar-refractivity contribution in [1.82, 2.24) is 25.4 Å². The highest BCUT2D eigenvalue weighted by atomic mass is 16.2. The lowest BCUT2D eigenvalue weighted by molar-refractivity contribution is 0.0949. The molecule has 0 spiro atoms. The quantitative estimate of drug-likeness (QED) is 0.397. The summed E-state index contributed by atoms with van der Waals surface area (Å²) in [5, 5.41) is 16.1. The van der Waals surface area contributed by atoms with E-state index in [0.29, 0.717) is 5.69 Å². The number of carbonyl (C=O) groups is 1. The third kappa shape index (κ3) is 3.34. The maximum Gasteiger partial charge on any atom is 0.289 e. The minimum absolute atomic E-state index is 0.296. The van der Waals surface area contributed by atoms with Gasteiger partial charge in [0, 0.05) is 16.7 Å². The number of aromatic nitrogens is 4. The fourth-order valence-electron chi connectivity index (χ4n) is 4.12. The fourth-order valence-corrected chi connectivity index (χ4v) is 4.12. The summed E-state index contributed by atoms with van der Waals surface area (Å²) in [4.78, 5) is 12.8. The molecule has 0 saturated carbocycles. The SMILES string of the molecule is Cc1nn(-c2ccccc2)c(C)c1/C=N\NC(=O)c1[nH]nc2c1CCc1ccccc1-2. The van der Waals surface area contributed by atoms with Gasteiger partial charge in [-0.2, -0.15) is 15.3 Å². The summed E-state index contributed by atoms with van der Waals surface area (Å²) in [6.45, 7) is 3.91. The number of aryl methyl sites for hydroxylation is 2. The smallest absolute Gasteiger partial charge is 0.272 e. The van der Waals surface area contributed by atoms with Gasteiger partial charge in [-0.3, -0.25) is 9.89 Å². The van der Waals surface area contributed by atoms with Gasteiger partial charge in [-0.15, -0.1) is 0 Å². The summed E-state index contributed by atoms with van der Waals surface area (Å²) in [7, 11) is 0. The van der Waals surface area contributed by atoms with E-state index in [-0.39, 0.29) is 5.91 Å². The number of nitrogens with one attached hydrogen (secondary N) is 2. The number of para-hydroxylation sites is 1. The van der Waals surface area contributed by atoms with Crippen LogP contribution in [0, 0.1) is 13.8 Å². The van der Waals surface area contributed by atoms with Gasteiger partial charge in [-0.05, 0) is 44.4 Å². The van der Waals surface area contributed by atoms with E-state index < -0.39 is 0 Å². The Kier molecular flexibility index (Phi) is 4.71. The number of aromatic amines is 1. The standard InChI is InChI=1S/C24H22N6O/c1-15-21(16(2)30(29-15)18-9-4-3-5-10-18)14-25-28-24(31)23-20-13-12-17-8-6-7-11-19(17)22(20)26-27-23/h3-11,14H,12-13H2,1-2H3,(H,26,27)(H,28,31)/b25-14-. The van der Waals surface area contributed by atoms with Crippen LogP contribution in [0.1, 0.15) is 38.6 Å². The summed E-state index contributed by atoms with van der Waals surface area (Å²) in [6.07, 6.45) is 3.31. The summed E-state index contributed by atoms with van der Waals surface area (Å²) in [5.74, 6) is -0.296. The van der Waals surface area contributed by atoms with E-state index in [0.717, 1.165) is 52.3 Å². The van der Waals surface area contributed by atoms with Crippen molar-refractivity contribution >= 4 is 12.1 Å². The van der Waals surface area contributed by atoms with Crippen LogP contribution in [-0.4, -0.2) is 32.1 Å². The Labute approximate surface area is 179 Å². The van der Waals surface area contributed by atoms with Crippen molar-refractivity contribution in [2.45, 2.75) is 26.7 Å². The molecule has 0 saturated heterocycles. The average Bonchev–Trinajstić information content (AvgIpc) is 3.36. The Hall–Kier alpha value is -4.00. The molecule has 0 radical (unpaired) electrons. The number of nitrogens with zero attached hydrogens (tertiary/aromatic N) is 4. The zero-order valence-electron chi connectivity index (χ0n) is 17.4. The topological polar surface area (TPSA) is 88.0 Å². The van der Waals surface area contributed by atoms with E-state index >= 15 is 0 Å². The summed E-state index contributed by atoms with van der Waals surface area (Å²) >= 11 is 0. The van der Waals surface area contributed by atoms with Crippen LogP contribution in [0.2, 0.25) is 0 Å². The number of hydrogen-bond donors (Lipinski definition) is 2. The monoisotopic (exact) mass is 410 g/mol. The van der Waals surface area contributed by atoms with E-state index in [1.54, 1.807) is 6.21 Å². The van der Waals surface area contributed by atoms with Crippen LogP contribution in [0.15, 0.2) is 59.7 Å². The number of hydrogen-bond acceptors (Lipinski definition) is 4. The minimum atomic E-state index is -0.296. The summed E-state index contributed by atoms with van der Waals surface area (Å²) in [5.41, 5.74) is 10.9. The number of rotatable bonds is 4. The molecule has 31 heavy (non-hydrogen) atoms. The van der Waals surface area contributed by atoms with Gasteiger partial charge in [0.15, 0.2) is 0 Å². The molecule has 2 heterocycles. The lowest BCUT2D eigenvalue weighted by atomic mass is 9.89. The molecule has 0 bridgehead atoms. The van der Waals surface area contributed by atoms with Crippen molar-refractivity contribution in [2.24, 2.45) is 5.10 Å². The van der Waals surface area contributed by atoms with Gasteiger partial charge in [0.1, 0.15) is 5.69 Å². The normalized spacial score (nSPS) is 12.6. The number of carbonyl (C=O) groups excluding carboxylic acids is 1. The molecule has 5 rings (SSSR count). The largest absolute Gasteiger partial charge is 0.289 e. The molecule has 0 unspecified atom stereocenters. The lowest BCUT2D eigenvalue weighted by Gasteiger charge is -2.15. The predicted molar refractivity (Wildman–Crippen MR) is 120 cm³/mol. The molecule has 2 aromatic heterocycles. The predicted octanol–water partition coefficient (Wildman–Crippen LogP) is 3.74. The summed E-state index contributed by atoms with van der Waals surface area (Å²) in [6, 6.07) is 18.1. The Bertz CT molecular complexity index is 1300. The number of hydrazone groups is 1. The Morgan fingerprint density at radius 1 is 1.10 bits per heavy atom. The molecule has 2 N–H and O–H groups in total. The number of H-pyrrole nitrogens is 1. The van der Waals surface area contributed by atoms with E-state index in [1.807, 2.05) is 67.1 Å². The van der Waals surface area contributed by atoms with Gasteiger partial charge in [0.25, 0.3) is 5.91 Å². The van der Waals surface area contributed by atoms with Crippen molar-refractivity contribution in [3.8, 4) is 16.9 Å². The molecule has 7 nitrogen and oxygen atoms in total. The highest BCUT2D eigenvalue weighted by Gasteiger charge is 2.24. The molecule has 1 aliphatic rings. The van der Waals surface area contributed by atoms with Crippen molar-refractivity contribution in [2.75, 3.05) is 0 Å². The zero-order chi connectivity index (χ0) is 21.4. The first kappa shape index (κ1) is 19.0. The van der Waals surface area contributed by atoms with Crippen LogP contribution in [0.25, 0.3) is 16.9 Å². The van der Waals surface area contributed by atoms with Crippen LogP contribution in [0.3, 0.4) is 0 Å². The zero-order valence-corrected chi connectivity index (χ0v) is 17.4. The van der Waals surface area contributed by atoms with Crippen LogP contribution in [0.4, 0.5) is 0 Å². The molecule has 154 valence electrons. The molecule has 0 atom stereocenters. The van der Waals surface area contributed by atoms with Gasteiger partial charge in [-0.1, -0.05) is 42.5 Å². The second-order valence-electron chi connectivity index (χ2n) is 7.61. The van der Waals surface area contributed by atoms with Crippen LogP contribution >= 0.6 is 0 Å².